The van der Waals surface area contributed by atoms with Crippen LogP contribution >= 0.6 is 0 Å². The molecule has 88 valence electrons. The molecule has 17 heavy (non-hydrogen) atoms. The summed E-state index contributed by atoms with van der Waals surface area (Å²) >= 11 is 0. The number of hydrogen-bond donors (Lipinski definition) is 1. The lowest BCUT2D eigenvalue weighted by molar-refractivity contribution is 0.796. The van der Waals surface area contributed by atoms with Crippen molar-refractivity contribution in [2.45, 2.75) is 26.2 Å². The molecule has 0 aliphatic rings. The van der Waals surface area contributed by atoms with E-state index in [1.54, 1.807) is 0 Å². The number of aryl methyl sites for hydroxylation is 1. The Hall–Kier alpha value is -1.76. The summed E-state index contributed by atoms with van der Waals surface area (Å²) in [5, 5.41) is 3.48. The first-order valence-corrected chi connectivity index (χ1v) is 6.30. The van der Waals surface area contributed by atoms with Crippen molar-refractivity contribution in [3.05, 3.63) is 60.2 Å². The van der Waals surface area contributed by atoms with E-state index in [0.29, 0.717) is 0 Å². The molecule has 0 amide bonds. The average molecular weight is 225 g/mol. The highest BCUT2D eigenvalue weighted by Gasteiger charge is 2.01. The van der Waals surface area contributed by atoms with Crippen LogP contribution < -0.4 is 5.32 Å². The molecule has 0 spiro atoms. The van der Waals surface area contributed by atoms with Crippen molar-refractivity contribution in [1.82, 2.24) is 0 Å². The van der Waals surface area contributed by atoms with Crippen LogP contribution in [-0.2, 0) is 6.42 Å². The van der Waals surface area contributed by atoms with Gasteiger partial charge in [-0.2, -0.15) is 0 Å². The van der Waals surface area contributed by atoms with E-state index in [1.165, 1.54) is 24.1 Å². The van der Waals surface area contributed by atoms with E-state index in [4.69, 9.17) is 0 Å². The molecule has 2 aromatic rings. The Balaban J connectivity index is 2.15. The van der Waals surface area contributed by atoms with E-state index < -0.39 is 0 Å². The molecule has 2 aromatic carbocycles. The number of unbranched alkanes of at least 4 members (excludes halogenated alkanes) is 1. The highest BCUT2D eigenvalue weighted by atomic mass is 14.9. The zero-order chi connectivity index (χ0) is 11.9. The van der Waals surface area contributed by atoms with E-state index in [2.05, 4.69) is 60.8 Å². The number of nitrogens with one attached hydrogen (secondary N) is 1. The van der Waals surface area contributed by atoms with Gasteiger partial charge in [0.15, 0.2) is 0 Å². The minimum atomic E-state index is 1.15. The Morgan fingerprint density at radius 3 is 2.35 bits per heavy atom. The Morgan fingerprint density at radius 2 is 1.59 bits per heavy atom. The summed E-state index contributed by atoms with van der Waals surface area (Å²) in [6.07, 6.45) is 3.62. The maximum Gasteiger partial charge on any atom is 0.0416 e. The molecule has 2 rings (SSSR count). The van der Waals surface area contributed by atoms with Crippen LogP contribution in [0.3, 0.4) is 0 Å². The summed E-state index contributed by atoms with van der Waals surface area (Å²) < 4.78 is 0. The van der Waals surface area contributed by atoms with Crippen LogP contribution in [-0.4, -0.2) is 0 Å². The molecule has 0 aliphatic heterocycles. The topological polar surface area (TPSA) is 12.0 Å². The molecular formula is C16H19N. The standard InChI is InChI=1S/C16H19N/c1-2-3-9-14-10-7-8-13-16(14)17-15-11-5-4-6-12-15/h4-8,10-13,17H,2-3,9H2,1H3. The fourth-order valence-electron chi connectivity index (χ4n) is 1.90. The third kappa shape index (κ3) is 3.35. The highest BCUT2D eigenvalue weighted by Crippen LogP contribution is 2.21. The molecule has 0 aromatic heterocycles. The number of anilines is 2. The zero-order valence-corrected chi connectivity index (χ0v) is 10.3. The largest absolute Gasteiger partial charge is 0.355 e. The molecule has 1 N–H and O–H groups in total. The fourth-order valence-corrected chi connectivity index (χ4v) is 1.90. The molecule has 0 heterocycles. The van der Waals surface area contributed by atoms with E-state index in [1.807, 2.05) is 6.07 Å². The Kier molecular flexibility index (Phi) is 4.20. The van der Waals surface area contributed by atoms with Crippen LogP contribution in [0.2, 0.25) is 0 Å². The predicted octanol–water partition coefficient (Wildman–Crippen LogP) is 4.77. The van der Waals surface area contributed by atoms with E-state index in [9.17, 15) is 0 Å². The lowest BCUT2D eigenvalue weighted by Gasteiger charge is -2.11. The zero-order valence-electron chi connectivity index (χ0n) is 10.3. The van der Waals surface area contributed by atoms with Gasteiger partial charge in [0.25, 0.3) is 0 Å². The maximum atomic E-state index is 3.48. The van der Waals surface area contributed by atoms with Gasteiger partial charge in [-0.3, -0.25) is 0 Å². The third-order valence-corrected chi connectivity index (χ3v) is 2.87. The van der Waals surface area contributed by atoms with Gasteiger partial charge in [0.2, 0.25) is 0 Å². The third-order valence-electron chi connectivity index (χ3n) is 2.87. The van der Waals surface area contributed by atoms with Gasteiger partial charge in [0.1, 0.15) is 0 Å². The van der Waals surface area contributed by atoms with Gasteiger partial charge in [-0.05, 0) is 36.6 Å². The monoisotopic (exact) mass is 225 g/mol. The normalized spacial score (nSPS) is 10.2. The molecule has 0 fully saturated rings. The first-order chi connectivity index (χ1) is 8.40. The van der Waals surface area contributed by atoms with Crippen molar-refractivity contribution < 1.29 is 0 Å². The van der Waals surface area contributed by atoms with Gasteiger partial charge < -0.3 is 5.32 Å². The Bertz CT molecular complexity index is 448. The van der Waals surface area contributed by atoms with Crippen molar-refractivity contribution in [2.75, 3.05) is 5.32 Å². The van der Waals surface area contributed by atoms with Crippen molar-refractivity contribution in [3.63, 3.8) is 0 Å². The Morgan fingerprint density at radius 1 is 0.882 bits per heavy atom. The molecule has 1 nitrogen and oxygen atoms in total. The fraction of sp³-hybridized carbons (Fsp3) is 0.250. The van der Waals surface area contributed by atoms with E-state index in [-0.39, 0.29) is 0 Å². The molecule has 1 heteroatoms. The summed E-state index contributed by atoms with van der Waals surface area (Å²) in [5.41, 5.74) is 3.78. The number of benzene rings is 2. The van der Waals surface area contributed by atoms with Gasteiger partial charge in [-0.15, -0.1) is 0 Å². The Labute approximate surface area is 103 Å². The van der Waals surface area contributed by atoms with Crippen LogP contribution in [0.1, 0.15) is 25.3 Å². The lowest BCUT2D eigenvalue weighted by atomic mass is 10.1. The highest BCUT2D eigenvalue weighted by molar-refractivity contribution is 5.62. The SMILES string of the molecule is CCCCc1ccccc1Nc1ccccc1. The second kappa shape index (κ2) is 6.09. The molecule has 0 unspecified atom stereocenters. The molecule has 0 saturated heterocycles. The minimum Gasteiger partial charge on any atom is -0.355 e. The van der Waals surface area contributed by atoms with Gasteiger partial charge >= 0.3 is 0 Å². The summed E-state index contributed by atoms with van der Waals surface area (Å²) in [6.45, 7) is 2.23. The molecule has 0 radical (unpaired) electrons. The second-order valence-corrected chi connectivity index (χ2v) is 4.25. The molecular weight excluding hydrogens is 206 g/mol. The first-order valence-electron chi connectivity index (χ1n) is 6.30. The molecule has 0 aliphatic carbocycles. The van der Waals surface area contributed by atoms with Gasteiger partial charge in [-0.1, -0.05) is 49.7 Å². The maximum absolute atomic E-state index is 3.48. The van der Waals surface area contributed by atoms with Crippen molar-refractivity contribution in [3.8, 4) is 0 Å². The van der Waals surface area contributed by atoms with Crippen molar-refractivity contribution >= 4 is 11.4 Å². The van der Waals surface area contributed by atoms with Crippen LogP contribution in [0, 0.1) is 0 Å². The summed E-state index contributed by atoms with van der Waals surface area (Å²) in [7, 11) is 0. The van der Waals surface area contributed by atoms with Crippen LogP contribution in [0.5, 0.6) is 0 Å². The molecule has 0 saturated carbocycles. The first kappa shape index (κ1) is 11.7. The minimum absolute atomic E-state index is 1.15. The number of rotatable bonds is 5. The smallest absolute Gasteiger partial charge is 0.0416 e. The quantitative estimate of drug-likeness (QED) is 0.772. The molecule has 0 bridgehead atoms. The average Bonchev–Trinajstić information content (AvgIpc) is 2.39. The van der Waals surface area contributed by atoms with Crippen LogP contribution in [0.15, 0.2) is 54.6 Å². The van der Waals surface area contributed by atoms with Crippen molar-refractivity contribution in [1.29, 1.82) is 0 Å². The predicted molar refractivity (Wildman–Crippen MR) is 74.8 cm³/mol. The van der Waals surface area contributed by atoms with Crippen molar-refractivity contribution in [2.24, 2.45) is 0 Å². The van der Waals surface area contributed by atoms with Gasteiger partial charge in [0, 0.05) is 11.4 Å². The van der Waals surface area contributed by atoms with Gasteiger partial charge in [-0.25, -0.2) is 0 Å². The summed E-state index contributed by atoms with van der Waals surface area (Å²) in [4.78, 5) is 0. The second-order valence-electron chi connectivity index (χ2n) is 4.25. The summed E-state index contributed by atoms with van der Waals surface area (Å²) in [5.74, 6) is 0. The summed E-state index contributed by atoms with van der Waals surface area (Å²) in [6, 6.07) is 18.9. The van der Waals surface area contributed by atoms with E-state index in [0.717, 1.165) is 12.1 Å². The lowest BCUT2D eigenvalue weighted by Crippen LogP contribution is -1.95. The van der Waals surface area contributed by atoms with Gasteiger partial charge in [0.05, 0.1) is 0 Å². The van der Waals surface area contributed by atoms with Crippen LogP contribution in [0.4, 0.5) is 11.4 Å². The number of hydrogen-bond acceptors (Lipinski definition) is 1. The van der Waals surface area contributed by atoms with Crippen LogP contribution in [0.25, 0.3) is 0 Å². The number of para-hydroxylation sites is 2. The van der Waals surface area contributed by atoms with E-state index >= 15 is 0 Å². The molecule has 0 atom stereocenters.